The predicted molar refractivity (Wildman–Crippen MR) is 79.7 cm³/mol. The van der Waals surface area contributed by atoms with Crippen molar-refractivity contribution in [2.24, 2.45) is 0 Å². The van der Waals surface area contributed by atoms with Crippen LogP contribution in [-0.4, -0.2) is 28.1 Å². The van der Waals surface area contributed by atoms with Gasteiger partial charge < -0.3 is 5.32 Å². The van der Waals surface area contributed by atoms with Gasteiger partial charge in [0.05, 0.1) is 4.47 Å². The van der Waals surface area contributed by atoms with Crippen molar-refractivity contribution in [3.8, 4) is 0 Å². The molecule has 1 aromatic carbocycles. The first-order valence-electron chi connectivity index (χ1n) is 5.73. The standard InChI is InChI=1S/C11H15BrF2N2O2S.ClH/c1-2-3-15-4-5-16-19(17,18)11-7-9(13)8(12)6-10(11)14;/h6-7,15-16H,2-5H2,1H3;1H. The predicted octanol–water partition coefficient (Wildman–Crippen LogP) is 2.43. The summed E-state index contributed by atoms with van der Waals surface area (Å²) in [6, 6.07) is 1.44. The maximum Gasteiger partial charge on any atom is 0.243 e. The SMILES string of the molecule is CCCNCCNS(=O)(=O)c1cc(F)c(Br)cc1F.Cl. The van der Waals surface area contributed by atoms with Crippen LogP contribution in [0.5, 0.6) is 0 Å². The Hall–Kier alpha value is -0.280. The maximum absolute atomic E-state index is 13.5. The molecule has 1 aromatic rings. The second-order valence-corrected chi connectivity index (χ2v) is 6.43. The lowest BCUT2D eigenvalue weighted by atomic mass is 10.3. The fourth-order valence-corrected chi connectivity index (χ4v) is 2.78. The second kappa shape index (κ2) is 8.89. The molecule has 0 aliphatic heterocycles. The van der Waals surface area contributed by atoms with E-state index in [4.69, 9.17) is 0 Å². The van der Waals surface area contributed by atoms with Gasteiger partial charge in [0.25, 0.3) is 0 Å². The third-order valence-electron chi connectivity index (χ3n) is 2.28. The van der Waals surface area contributed by atoms with Gasteiger partial charge in [-0.1, -0.05) is 6.92 Å². The maximum atomic E-state index is 13.5. The Labute approximate surface area is 131 Å². The molecule has 0 heterocycles. The first kappa shape index (κ1) is 19.7. The summed E-state index contributed by atoms with van der Waals surface area (Å²) in [6.07, 6.45) is 0.930. The molecule has 0 aliphatic carbocycles. The van der Waals surface area contributed by atoms with Crippen molar-refractivity contribution < 1.29 is 17.2 Å². The van der Waals surface area contributed by atoms with Crippen LogP contribution in [0.1, 0.15) is 13.3 Å². The summed E-state index contributed by atoms with van der Waals surface area (Å²) < 4.78 is 52.5. The van der Waals surface area contributed by atoms with Crippen LogP contribution in [0, 0.1) is 11.6 Å². The lowest BCUT2D eigenvalue weighted by Crippen LogP contribution is -2.32. The van der Waals surface area contributed by atoms with E-state index in [1.54, 1.807) is 0 Å². The molecule has 0 radical (unpaired) electrons. The van der Waals surface area contributed by atoms with Gasteiger partial charge in [-0.2, -0.15) is 0 Å². The molecular weight excluding hydrogens is 378 g/mol. The third kappa shape index (κ3) is 5.61. The zero-order valence-electron chi connectivity index (χ0n) is 10.8. The minimum atomic E-state index is -4.04. The molecule has 0 spiro atoms. The van der Waals surface area contributed by atoms with Crippen LogP contribution in [-0.2, 0) is 10.0 Å². The molecule has 2 N–H and O–H groups in total. The van der Waals surface area contributed by atoms with Gasteiger partial charge in [-0.05, 0) is 41.0 Å². The minimum absolute atomic E-state index is 0. The molecule has 0 saturated carbocycles. The van der Waals surface area contributed by atoms with Crippen molar-refractivity contribution in [1.82, 2.24) is 10.0 Å². The van der Waals surface area contributed by atoms with E-state index >= 15 is 0 Å². The van der Waals surface area contributed by atoms with Crippen LogP contribution in [0.4, 0.5) is 8.78 Å². The molecule has 0 aromatic heterocycles. The summed E-state index contributed by atoms with van der Waals surface area (Å²) >= 11 is 2.79. The molecule has 20 heavy (non-hydrogen) atoms. The van der Waals surface area contributed by atoms with E-state index in [2.05, 4.69) is 26.0 Å². The summed E-state index contributed by atoms with van der Waals surface area (Å²) in [4.78, 5) is -0.691. The largest absolute Gasteiger partial charge is 0.315 e. The number of sulfonamides is 1. The van der Waals surface area contributed by atoms with E-state index < -0.39 is 26.6 Å². The first-order chi connectivity index (χ1) is 8.88. The van der Waals surface area contributed by atoms with Crippen LogP contribution in [0.25, 0.3) is 0 Å². The normalized spacial score (nSPS) is 11.2. The molecule has 0 saturated heterocycles. The highest BCUT2D eigenvalue weighted by molar-refractivity contribution is 9.10. The molecule has 0 unspecified atom stereocenters. The Morgan fingerprint density at radius 1 is 1.15 bits per heavy atom. The van der Waals surface area contributed by atoms with Crippen LogP contribution in [0.2, 0.25) is 0 Å². The lowest BCUT2D eigenvalue weighted by molar-refractivity contribution is 0.541. The molecule has 0 fully saturated rings. The third-order valence-corrected chi connectivity index (χ3v) is 4.37. The Bertz CT molecular complexity index is 543. The monoisotopic (exact) mass is 392 g/mol. The van der Waals surface area contributed by atoms with Crippen molar-refractivity contribution >= 4 is 38.4 Å². The van der Waals surface area contributed by atoms with E-state index in [-0.39, 0.29) is 23.4 Å². The van der Waals surface area contributed by atoms with Gasteiger partial charge in [-0.15, -0.1) is 12.4 Å². The van der Waals surface area contributed by atoms with Crippen molar-refractivity contribution in [3.05, 3.63) is 28.2 Å². The number of hydrogen-bond acceptors (Lipinski definition) is 3. The molecule has 0 aliphatic rings. The zero-order chi connectivity index (χ0) is 14.5. The highest BCUT2D eigenvalue weighted by Gasteiger charge is 2.20. The summed E-state index contributed by atoms with van der Waals surface area (Å²) in [6.45, 7) is 3.29. The number of rotatable bonds is 7. The quantitative estimate of drug-likeness (QED) is 0.552. The second-order valence-electron chi connectivity index (χ2n) is 3.84. The van der Waals surface area contributed by atoms with E-state index in [9.17, 15) is 17.2 Å². The lowest BCUT2D eigenvalue weighted by Gasteiger charge is -2.09. The van der Waals surface area contributed by atoms with E-state index in [0.29, 0.717) is 12.6 Å². The molecule has 0 bridgehead atoms. The highest BCUT2D eigenvalue weighted by atomic mass is 79.9. The average Bonchev–Trinajstić information content (AvgIpc) is 2.33. The summed E-state index contributed by atoms with van der Waals surface area (Å²) in [5, 5.41) is 2.99. The average molecular weight is 394 g/mol. The van der Waals surface area contributed by atoms with Crippen molar-refractivity contribution in [2.75, 3.05) is 19.6 Å². The van der Waals surface area contributed by atoms with E-state index in [1.807, 2.05) is 6.92 Å². The molecule has 4 nitrogen and oxygen atoms in total. The highest BCUT2D eigenvalue weighted by Crippen LogP contribution is 2.22. The van der Waals surface area contributed by atoms with Crippen LogP contribution in [0.15, 0.2) is 21.5 Å². The van der Waals surface area contributed by atoms with Gasteiger partial charge in [-0.3, -0.25) is 0 Å². The van der Waals surface area contributed by atoms with Gasteiger partial charge in [-0.25, -0.2) is 21.9 Å². The minimum Gasteiger partial charge on any atom is -0.315 e. The van der Waals surface area contributed by atoms with Gasteiger partial charge in [0.15, 0.2) is 0 Å². The molecule has 9 heteroatoms. The summed E-state index contributed by atoms with van der Waals surface area (Å²) in [5.41, 5.74) is 0. The molecule has 0 amide bonds. The topological polar surface area (TPSA) is 58.2 Å². The number of nitrogens with one attached hydrogen (secondary N) is 2. The van der Waals surface area contributed by atoms with Crippen molar-refractivity contribution in [3.63, 3.8) is 0 Å². The molecule has 116 valence electrons. The summed E-state index contributed by atoms with van der Waals surface area (Å²) in [7, 11) is -4.04. The van der Waals surface area contributed by atoms with Gasteiger partial charge in [0, 0.05) is 13.1 Å². The Kier molecular flexibility index (Phi) is 8.76. The first-order valence-corrected chi connectivity index (χ1v) is 8.01. The Morgan fingerprint density at radius 3 is 2.40 bits per heavy atom. The van der Waals surface area contributed by atoms with E-state index in [0.717, 1.165) is 19.0 Å². The van der Waals surface area contributed by atoms with Gasteiger partial charge in [0.2, 0.25) is 10.0 Å². The van der Waals surface area contributed by atoms with Crippen molar-refractivity contribution in [2.45, 2.75) is 18.2 Å². The van der Waals surface area contributed by atoms with E-state index in [1.165, 1.54) is 0 Å². The van der Waals surface area contributed by atoms with Crippen LogP contribution >= 0.6 is 28.3 Å². The Morgan fingerprint density at radius 2 is 1.80 bits per heavy atom. The molecule has 1 rings (SSSR count). The van der Waals surface area contributed by atoms with Gasteiger partial charge >= 0.3 is 0 Å². The molecule has 0 atom stereocenters. The smallest absolute Gasteiger partial charge is 0.243 e. The summed E-state index contributed by atoms with van der Waals surface area (Å²) in [5.74, 6) is -1.83. The number of benzene rings is 1. The molecular formula is C11H16BrClF2N2O2S. The number of hydrogen-bond donors (Lipinski definition) is 2. The zero-order valence-corrected chi connectivity index (χ0v) is 14.0. The fraction of sp³-hybridized carbons (Fsp3) is 0.455. The Balaban J connectivity index is 0.00000361. The van der Waals surface area contributed by atoms with Crippen LogP contribution in [0.3, 0.4) is 0 Å². The van der Waals surface area contributed by atoms with Crippen molar-refractivity contribution in [1.29, 1.82) is 0 Å². The fourth-order valence-electron chi connectivity index (χ4n) is 1.36. The van der Waals surface area contributed by atoms with Gasteiger partial charge in [0.1, 0.15) is 16.5 Å². The number of halogens is 4. The van der Waals surface area contributed by atoms with Crippen LogP contribution < -0.4 is 10.0 Å².